The molecule has 3 saturated carbocycles. The Balaban J connectivity index is 1.46. The van der Waals surface area contributed by atoms with Crippen LogP contribution in [-0.2, 0) is 31.7 Å². The van der Waals surface area contributed by atoms with Crippen LogP contribution in [0.15, 0.2) is 36.4 Å². The van der Waals surface area contributed by atoms with Gasteiger partial charge in [-0.05, 0) is 87.1 Å². The van der Waals surface area contributed by atoms with Gasteiger partial charge in [-0.15, -0.1) is 0 Å². The van der Waals surface area contributed by atoms with Gasteiger partial charge in [-0.1, -0.05) is 32.0 Å². The molecular weight excluding hydrogens is 539 g/mol. The third kappa shape index (κ3) is 5.71. The van der Waals surface area contributed by atoms with Gasteiger partial charge < -0.3 is 33.0 Å². The van der Waals surface area contributed by atoms with Gasteiger partial charge in [0.25, 0.3) is 0 Å². The molecule has 10 heteroatoms. The second-order valence-electron chi connectivity index (χ2n) is 13.2. The SMILES string of the molecule is COC(=O)c1c(OC(=O)OC(C)(C)C)ccc(CB2OC3CC4CC(C4(C)C)[C@]3(C)O2)c1OCc1ccc(OC)cc1. The van der Waals surface area contributed by atoms with Crippen molar-refractivity contribution in [3.05, 3.63) is 53.1 Å². The maximum absolute atomic E-state index is 13.2. The summed E-state index contributed by atoms with van der Waals surface area (Å²) < 4.78 is 40.6. The van der Waals surface area contributed by atoms with Crippen molar-refractivity contribution < 1.29 is 42.6 Å². The normalized spacial score (nSPS) is 25.6. The molecule has 0 amide bonds. The lowest BCUT2D eigenvalue weighted by molar-refractivity contribution is -0.199. The number of rotatable bonds is 8. The van der Waals surface area contributed by atoms with E-state index in [1.54, 1.807) is 40.0 Å². The van der Waals surface area contributed by atoms with E-state index in [2.05, 4.69) is 20.8 Å². The fourth-order valence-electron chi connectivity index (χ4n) is 6.77. The summed E-state index contributed by atoms with van der Waals surface area (Å²) in [5.41, 5.74) is 0.561. The minimum absolute atomic E-state index is 0.0118. The van der Waals surface area contributed by atoms with Crippen molar-refractivity contribution in [1.29, 1.82) is 0 Å². The largest absolute Gasteiger partial charge is 0.514 e. The van der Waals surface area contributed by atoms with Gasteiger partial charge >= 0.3 is 19.2 Å². The van der Waals surface area contributed by atoms with Crippen LogP contribution >= 0.6 is 0 Å². The Morgan fingerprint density at radius 1 is 1.02 bits per heavy atom. The van der Waals surface area contributed by atoms with E-state index in [9.17, 15) is 9.59 Å². The van der Waals surface area contributed by atoms with E-state index in [1.807, 2.05) is 24.3 Å². The highest BCUT2D eigenvalue weighted by atomic mass is 16.7. The first kappa shape index (κ1) is 30.2. The van der Waals surface area contributed by atoms with Crippen molar-refractivity contribution >= 4 is 19.2 Å². The molecule has 3 aliphatic carbocycles. The molecule has 9 nitrogen and oxygen atoms in total. The molecule has 4 aliphatic rings. The Hall–Kier alpha value is -3.24. The van der Waals surface area contributed by atoms with Crippen LogP contribution in [0.4, 0.5) is 4.79 Å². The van der Waals surface area contributed by atoms with Gasteiger partial charge in [-0.3, -0.25) is 0 Å². The van der Waals surface area contributed by atoms with Crippen LogP contribution in [0, 0.1) is 17.3 Å². The lowest BCUT2D eigenvalue weighted by atomic mass is 9.43. The summed E-state index contributed by atoms with van der Waals surface area (Å²) in [7, 11) is 2.34. The summed E-state index contributed by atoms with van der Waals surface area (Å²) >= 11 is 0. The van der Waals surface area contributed by atoms with Crippen LogP contribution in [0.5, 0.6) is 17.2 Å². The van der Waals surface area contributed by atoms with Crippen molar-refractivity contribution in [2.24, 2.45) is 17.3 Å². The van der Waals surface area contributed by atoms with Gasteiger partial charge in [0.15, 0.2) is 5.75 Å². The zero-order valence-electron chi connectivity index (χ0n) is 25.8. The number of ether oxygens (including phenoxy) is 5. The lowest BCUT2D eigenvalue weighted by Gasteiger charge is -2.64. The van der Waals surface area contributed by atoms with Crippen LogP contribution in [0.25, 0.3) is 0 Å². The van der Waals surface area contributed by atoms with E-state index >= 15 is 0 Å². The summed E-state index contributed by atoms with van der Waals surface area (Å²) in [5, 5.41) is 0. The summed E-state index contributed by atoms with van der Waals surface area (Å²) in [6, 6.07) is 10.7. The van der Waals surface area contributed by atoms with E-state index in [-0.39, 0.29) is 40.8 Å². The van der Waals surface area contributed by atoms with Crippen LogP contribution in [0.3, 0.4) is 0 Å². The Labute approximate surface area is 248 Å². The van der Waals surface area contributed by atoms with Crippen LogP contribution in [-0.4, -0.2) is 50.8 Å². The number of hydrogen-bond donors (Lipinski definition) is 0. The first-order valence-electron chi connectivity index (χ1n) is 14.5. The average Bonchev–Trinajstić information content (AvgIpc) is 3.27. The van der Waals surface area contributed by atoms with Gasteiger partial charge in [0.1, 0.15) is 29.3 Å². The summed E-state index contributed by atoms with van der Waals surface area (Å²) in [6.45, 7) is 12.1. The van der Waals surface area contributed by atoms with E-state index < -0.39 is 24.8 Å². The molecule has 2 bridgehead atoms. The molecule has 0 N–H and O–H groups in total. The number of methoxy groups -OCH3 is 2. The van der Waals surface area contributed by atoms with E-state index in [0.29, 0.717) is 29.5 Å². The fraction of sp³-hybridized carbons (Fsp3) is 0.562. The fourth-order valence-corrected chi connectivity index (χ4v) is 6.77. The zero-order chi connectivity index (χ0) is 30.4. The molecule has 0 spiro atoms. The second kappa shape index (κ2) is 11.1. The van der Waals surface area contributed by atoms with E-state index in [4.69, 9.17) is 33.0 Å². The monoisotopic (exact) mass is 580 g/mol. The number of benzene rings is 2. The molecule has 226 valence electrons. The third-order valence-electron chi connectivity index (χ3n) is 9.10. The Morgan fingerprint density at radius 2 is 1.74 bits per heavy atom. The molecule has 2 aromatic rings. The molecule has 0 radical (unpaired) electrons. The van der Waals surface area contributed by atoms with Crippen molar-refractivity contribution in [1.82, 2.24) is 0 Å². The number of hydrogen-bond acceptors (Lipinski definition) is 9. The lowest BCUT2D eigenvalue weighted by Crippen LogP contribution is -2.65. The van der Waals surface area contributed by atoms with Crippen molar-refractivity contribution in [3.8, 4) is 17.2 Å². The molecule has 2 aromatic carbocycles. The number of carbonyl (C=O) groups is 2. The maximum atomic E-state index is 13.2. The van der Waals surface area contributed by atoms with Gasteiger partial charge in [-0.2, -0.15) is 0 Å². The van der Waals surface area contributed by atoms with E-state index in [1.165, 1.54) is 7.11 Å². The first-order valence-corrected chi connectivity index (χ1v) is 14.5. The van der Waals surface area contributed by atoms with Gasteiger partial charge in [-0.25, -0.2) is 9.59 Å². The quantitative estimate of drug-likeness (QED) is 0.206. The molecular formula is C32H41BO9. The molecule has 1 aliphatic heterocycles. The van der Waals surface area contributed by atoms with Crippen molar-refractivity contribution in [2.75, 3.05) is 14.2 Å². The summed E-state index contributed by atoms with van der Waals surface area (Å²) in [5.74, 6) is 1.25. The molecule has 4 atom stereocenters. The Kier molecular flexibility index (Phi) is 8.00. The predicted molar refractivity (Wildman–Crippen MR) is 156 cm³/mol. The molecule has 6 rings (SSSR count). The summed E-state index contributed by atoms with van der Waals surface area (Å²) in [4.78, 5) is 25.8. The van der Waals surface area contributed by atoms with Gasteiger partial charge in [0, 0.05) is 6.32 Å². The van der Waals surface area contributed by atoms with Crippen LogP contribution in [0.1, 0.15) is 75.9 Å². The van der Waals surface area contributed by atoms with Crippen molar-refractivity contribution in [2.45, 2.75) is 84.6 Å². The predicted octanol–water partition coefficient (Wildman–Crippen LogP) is 6.18. The van der Waals surface area contributed by atoms with Crippen LogP contribution < -0.4 is 14.2 Å². The number of esters is 1. The first-order chi connectivity index (χ1) is 19.7. The number of carbonyl (C=O) groups excluding carboxylic acids is 2. The summed E-state index contributed by atoms with van der Waals surface area (Å²) in [6.07, 6.45) is 1.52. The molecule has 3 unspecified atom stereocenters. The maximum Gasteiger partial charge on any atom is 0.514 e. The minimum atomic E-state index is -0.942. The van der Waals surface area contributed by atoms with Gasteiger partial charge in [0.2, 0.25) is 0 Å². The second-order valence-corrected chi connectivity index (χ2v) is 13.2. The highest BCUT2D eigenvalue weighted by Crippen LogP contribution is 2.65. The molecule has 1 heterocycles. The molecule has 0 aromatic heterocycles. The topological polar surface area (TPSA) is 98.8 Å². The Bertz CT molecular complexity index is 1330. The van der Waals surface area contributed by atoms with E-state index in [0.717, 1.165) is 18.4 Å². The minimum Gasteiger partial charge on any atom is -0.497 e. The highest BCUT2D eigenvalue weighted by molar-refractivity contribution is 6.45. The standard InChI is InChI=1S/C32H41BO9/c1-30(2,3)40-29(35)39-23-14-11-20(17-33-41-25-16-21-15-24(31(21,4)5)32(25,6)42-33)27(26(23)28(34)37-8)38-18-19-9-12-22(36-7)13-10-19/h9-14,21,24-25H,15-18H2,1-8H3/t21?,24?,25?,32-/m0/s1. The zero-order valence-corrected chi connectivity index (χ0v) is 25.8. The highest BCUT2D eigenvalue weighted by Gasteiger charge is 2.67. The average molecular weight is 580 g/mol. The van der Waals surface area contributed by atoms with Crippen LogP contribution in [0.2, 0.25) is 0 Å². The molecule has 4 fully saturated rings. The Morgan fingerprint density at radius 3 is 2.36 bits per heavy atom. The third-order valence-corrected chi connectivity index (χ3v) is 9.10. The van der Waals surface area contributed by atoms with Gasteiger partial charge in [0.05, 0.1) is 25.9 Å². The molecule has 42 heavy (non-hydrogen) atoms. The molecule has 1 saturated heterocycles. The van der Waals surface area contributed by atoms with Crippen molar-refractivity contribution in [3.63, 3.8) is 0 Å². The smallest absolute Gasteiger partial charge is 0.497 e.